The van der Waals surface area contributed by atoms with E-state index in [4.69, 9.17) is 11.6 Å². The molecule has 1 aromatic carbocycles. The monoisotopic (exact) mass is 310 g/mol. The Labute approximate surface area is 130 Å². The number of halogens is 1. The Morgan fingerprint density at radius 2 is 1.86 bits per heavy atom. The van der Waals surface area contributed by atoms with Crippen LogP contribution in [0.25, 0.3) is 0 Å². The molecule has 0 spiro atoms. The summed E-state index contributed by atoms with van der Waals surface area (Å²) in [6.07, 6.45) is 0.624. The first kappa shape index (κ1) is 17.5. The molecule has 1 N–H and O–H groups in total. The summed E-state index contributed by atoms with van der Waals surface area (Å²) in [7, 11) is 0. The Balaban J connectivity index is 2.64. The highest BCUT2D eigenvalue weighted by Gasteiger charge is 2.22. The van der Waals surface area contributed by atoms with Crippen molar-refractivity contribution in [1.29, 1.82) is 0 Å². The molecule has 0 aromatic heterocycles. The molecule has 21 heavy (non-hydrogen) atoms. The van der Waals surface area contributed by atoms with Gasteiger partial charge in [-0.3, -0.25) is 4.79 Å². The van der Waals surface area contributed by atoms with E-state index in [-0.39, 0.29) is 24.2 Å². The quantitative estimate of drug-likeness (QED) is 0.842. The van der Waals surface area contributed by atoms with Crippen LogP contribution in [0.2, 0.25) is 5.02 Å². The fraction of sp³-hybridized carbons (Fsp3) is 0.500. The molecular weight excluding hydrogens is 290 g/mol. The molecule has 1 amide bonds. The van der Waals surface area contributed by atoms with E-state index in [9.17, 15) is 14.7 Å². The zero-order valence-electron chi connectivity index (χ0n) is 12.6. The number of amides is 1. The number of nitrogens with one attached hydrogen (secondary N) is 1. The average molecular weight is 311 g/mol. The maximum Gasteiger partial charge on any atom is 0.224 e. The number of hydrogen-bond acceptors (Lipinski definition) is 3. The van der Waals surface area contributed by atoms with Crippen molar-refractivity contribution >= 4 is 29.2 Å². The van der Waals surface area contributed by atoms with Gasteiger partial charge in [0.05, 0.1) is 10.7 Å². The van der Waals surface area contributed by atoms with Crippen molar-refractivity contribution in [3.05, 3.63) is 29.3 Å². The summed E-state index contributed by atoms with van der Waals surface area (Å²) in [5.74, 6) is -2.02. The number of carbonyl (C=O) groups is 2. The molecule has 2 atom stereocenters. The predicted molar refractivity (Wildman–Crippen MR) is 81.8 cm³/mol. The molecule has 0 heterocycles. The predicted octanol–water partition coefficient (Wildman–Crippen LogP) is 2.72. The number of anilines is 1. The highest BCUT2D eigenvalue weighted by molar-refractivity contribution is 6.33. The molecule has 0 aliphatic carbocycles. The third-order valence-corrected chi connectivity index (χ3v) is 3.70. The molecule has 0 fully saturated rings. The van der Waals surface area contributed by atoms with Gasteiger partial charge in [0.1, 0.15) is 0 Å². The first-order valence-corrected chi connectivity index (χ1v) is 7.44. The maximum atomic E-state index is 12.0. The van der Waals surface area contributed by atoms with Gasteiger partial charge in [0.2, 0.25) is 5.91 Å². The Hall–Kier alpha value is -1.55. The van der Waals surface area contributed by atoms with E-state index in [0.29, 0.717) is 17.1 Å². The Morgan fingerprint density at radius 3 is 2.38 bits per heavy atom. The van der Waals surface area contributed by atoms with Crippen LogP contribution < -0.4 is 10.4 Å². The average Bonchev–Trinajstić information content (AvgIpc) is 2.38. The van der Waals surface area contributed by atoms with Crippen LogP contribution in [0.1, 0.15) is 33.6 Å². The number of carboxylic acids is 1. The molecule has 116 valence electrons. The number of carboxylic acid groups (broad SMARTS) is 1. The van der Waals surface area contributed by atoms with Crippen LogP contribution in [0, 0.1) is 17.8 Å². The van der Waals surface area contributed by atoms with Crippen molar-refractivity contribution in [3.8, 4) is 0 Å². The number of para-hydroxylation sites is 1. The molecular formula is C16H21ClNO3-. The van der Waals surface area contributed by atoms with Gasteiger partial charge in [-0.1, -0.05) is 44.5 Å². The molecule has 5 heteroatoms. The molecule has 0 saturated heterocycles. The molecule has 0 aliphatic heterocycles. The van der Waals surface area contributed by atoms with E-state index in [2.05, 4.69) is 5.32 Å². The minimum atomic E-state index is -1.10. The standard InChI is InChI=1S/C16H22ClNO3/c1-10(2)8-12(16(20)21)11(3)9-15(19)18-14-7-5-4-6-13(14)17/h4-7,10-12H,8-9H2,1-3H3,(H,18,19)(H,20,21)/p-1/t11-,12-/m0/s1. The molecule has 0 radical (unpaired) electrons. The third kappa shape index (κ3) is 5.76. The molecule has 4 nitrogen and oxygen atoms in total. The maximum absolute atomic E-state index is 12.0. The second-order valence-corrected chi connectivity index (χ2v) is 6.17. The van der Waals surface area contributed by atoms with Gasteiger partial charge in [-0.25, -0.2) is 0 Å². The minimum Gasteiger partial charge on any atom is -0.550 e. The van der Waals surface area contributed by atoms with Gasteiger partial charge in [-0.15, -0.1) is 0 Å². The number of rotatable bonds is 7. The van der Waals surface area contributed by atoms with Gasteiger partial charge in [0.15, 0.2) is 0 Å². The third-order valence-electron chi connectivity index (χ3n) is 3.37. The fourth-order valence-electron chi connectivity index (χ4n) is 2.27. The number of carbonyl (C=O) groups excluding carboxylic acids is 2. The van der Waals surface area contributed by atoms with Crippen LogP contribution in [0.4, 0.5) is 5.69 Å². The van der Waals surface area contributed by atoms with E-state index < -0.39 is 11.9 Å². The normalized spacial score (nSPS) is 13.8. The molecule has 1 aromatic rings. The van der Waals surface area contributed by atoms with E-state index in [1.807, 2.05) is 13.8 Å². The van der Waals surface area contributed by atoms with Crippen molar-refractivity contribution in [2.24, 2.45) is 17.8 Å². The van der Waals surface area contributed by atoms with Gasteiger partial charge in [-0.2, -0.15) is 0 Å². The second-order valence-electron chi connectivity index (χ2n) is 5.76. The first-order valence-electron chi connectivity index (χ1n) is 7.06. The summed E-state index contributed by atoms with van der Waals surface area (Å²) in [5.41, 5.74) is 0.533. The van der Waals surface area contributed by atoms with E-state index >= 15 is 0 Å². The summed E-state index contributed by atoms with van der Waals surface area (Å²) in [4.78, 5) is 23.2. The van der Waals surface area contributed by atoms with Crippen LogP contribution >= 0.6 is 11.6 Å². The number of hydrogen-bond donors (Lipinski definition) is 1. The SMILES string of the molecule is CC(C)C[C@H](C(=O)[O-])[C@@H](C)CC(=O)Nc1ccccc1Cl. The van der Waals surface area contributed by atoms with Crippen molar-refractivity contribution in [3.63, 3.8) is 0 Å². The van der Waals surface area contributed by atoms with Crippen molar-refractivity contribution in [2.75, 3.05) is 5.32 Å². The van der Waals surface area contributed by atoms with Crippen molar-refractivity contribution < 1.29 is 14.7 Å². The van der Waals surface area contributed by atoms with Gasteiger partial charge in [0, 0.05) is 18.3 Å². The topological polar surface area (TPSA) is 69.2 Å². The van der Waals surface area contributed by atoms with Crippen molar-refractivity contribution in [1.82, 2.24) is 0 Å². The molecule has 0 aliphatic rings. The lowest BCUT2D eigenvalue weighted by Gasteiger charge is -2.26. The smallest absolute Gasteiger partial charge is 0.224 e. The zero-order valence-corrected chi connectivity index (χ0v) is 13.3. The summed E-state index contributed by atoms with van der Waals surface area (Å²) >= 11 is 5.97. The fourth-order valence-corrected chi connectivity index (χ4v) is 2.45. The van der Waals surface area contributed by atoms with Crippen LogP contribution in [-0.2, 0) is 9.59 Å². The van der Waals surface area contributed by atoms with E-state index in [0.717, 1.165) is 0 Å². The highest BCUT2D eigenvalue weighted by Crippen LogP contribution is 2.25. The molecule has 0 bridgehead atoms. The Kier molecular flexibility index (Phi) is 6.69. The lowest BCUT2D eigenvalue weighted by Crippen LogP contribution is -2.37. The van der Waals surface area contributed by atoms with E-state index in [1.165, 1.54) is 0 Å². The summed E-state index contributed by atoms with van der Waals surface area (Å²) in [6.45, 7) is 5.66. The number of benzene rings is 1. The molecule has 1 rings (SSSR count). The zero-order chi connectivity index (χ0) is 16.0. The van der Waals surface area contributed by atoms with Crippen molar-refractivity contribution in [2.45, 2.75) is 33.6 Å². The van der Waals surface area contributed by atoms with Crippen LogP contribution in [0.15, 0.2) is 24.3 Å². The van der Waals surface area contributed by atoms with Gasteiger partial charge >= 0.3 is 0 Å². The number of aliphatic carboxylic acids is 1. The minimum absolute atomic E-state index is 0.122. The largest absolute Gasteiger partial charge is 0.550 e. The van der Waals surface area contributed by atoms with Gasteiger partial charge < -0.3 is 15.2 Å². The highest BCUT2D eigenvalue weighted by atomic mass is 35.5. The summed E-state index contributed by atoms with van der Waals surface area (Å²) in [5, 5.41) is 14.4. The first-order chi connectivity index (χ1) is 9.81. The lowest BCUT2D eigenvalue weighted by atomic mass is 9.84. The Morgan fingerprint density at radius 1 is 1.24 bits per heavy atom. The van der Waals surface area contributed by atoms with E-state index in [1.54, 1.807) is 31.2 Å². The van der Waals surface area contributed by atoms with Gasteiger partial charge in [-0.05, 0) is 30.4 Å². The van der Waals surface area contributed by atoms with Gasteiger partial charge in [0.25, 0.3) is 0 Å². The summed E-state index contributed by atoms with van der Waals surface area (Å²) in [6, 6.07) is 6.93. The summed E-state index contributed by atoms with van der Waals surface area (Å²) < 4.78 is 0. The lowest BCUT2D eigenvalue weighted by molar-refractivity contribution is -0.313. The van der Waals surface area contributed by atoms with Crippen LogP contribution in [0.3, 0.4) is 0 Å². The Bertz CT molecular complexity index is 502. The van der Waals surface area contributed by atoms with Crippen LogP contribution in [0.5, 0.6) is 0 Å². The van der Waals surface area contributed by atoms with Crippen LogP contribution in [-0.4, -0.2) is 11.9 Å². The molecule has 0 unspecified atom stereocenters. The molecule has 0 saturated carbocycles. The second kappa shape index (κ2) is 8.03.